The van der Waals surface area contributed by atoms with Gasteiger partial charge in [0, 0.05) is 25.7 Å². The van der Waals surface area contributed by atoms with Gasteiger partial charge in [-0.1, -0.05) is 0 Å². The molecule has 1 fully saturated rings. The van der Waals surface area contributed by atoms with Crippen LogP contribution in [0.4, 0.5) is 0 Å². The minimum absolute atomic E-state index is 0.0820. The van der Waals surface area contributed by atoms with Crippen LogP contribution in [-0.4, -0.2) is 54.3 Å². The zero-order valence-electron chi connectivity index (χ0n) is 10.6. The molecule has 0 aromatic rings. The molecule has 1 aliphatic heterocycles. The number of alkyl halides is 1. The summed E-state index contributed by atoms with van der Waals surface area (Å²) in [7, 11) is 2.15. The molecule has 94 valence electrons. The second-order valence-electron chi connectivity index (χ2n) is 5.01. The monoisotopic (exact) mass is 246 g/mol. The Morgan fingerprint density at radius 2 is 2.25 bits per heavy atom. The second-order valence-corrected chi connectivity index (χ2v) is 5.28. The number of hydrogen-bond acceptors (Lipinski definition) is 2. The average molecular weight is 247 g/mol. The zero-order valence-corrected chi connectivity index (χ0v) is 11.3. The van der Waals surface area contributed by atoms with Crippen LogP contribution in [0.15, 0.2) is 0 Å². The molecule has 1 heterocycles. The largest absolute Gasteiger partial charge is 0.341 e. The van der Waals surface area contributed by atoms with Gasteiger partial charge in [-0.3, -0.25) is 4.79 Å². The Morgan fingerprint density at radius 1 is 1.56 bits per heavy atom. The first kappa shape index (κ1) is 13.8. The van der Waals surface area contributed by atoms with Gasteiger partial charge in [0.05, 0.1) is 0 Å². The van der Waals surface area contributed by atoms with Crippen LogP contribution < -0.4 is 0 Å². The maximum absolute atomic E-state index is 11.5. The van der Waals surface area contributed by atoms with Crippen LogP contribution in [0.5, 0.6) is 0 Å². The number of rotatable bonds is 4. The van der Waals surface area contributed by atoms with Crippen molar-refractivity contribution in [3.8, 4) is 0 Å². The van der Waals surface area contributed by atoms with Crippen LogP contribution in [0.3, 0.4) is 0 Å². The number of carbonyl (C=O) groups is 1. The molecule has 0 N–H and O–H groups in total. The molecule has 0 aromatic carbocycles. The molecular weight excluding hydrogens is 224 g/mol. The van der Waals surface area contributed by atoms with Gasteiger partial charge in [0.25, 0.3) is 0 Å². The lowest BCUT2D eigenvalue weighted by atomic mass is 9.97. The number of hydrogen-bond donors (Lipinski definition) is 0. The predicted octanol–water partition coefficient (Wildman–Crippen LogP) is 1.80. The molecular formula is C12H23ClN2O. The molecule has 4 heteroatoms. The van der Waals surface area contributed by atoms with E-state index in [4.69, 9.17) is 11.6 Å². The van der Waals surface area contributed by atoms with Crippen molar-refractivity contribution in [3.05, 3.63) is 0 Å². The van der Waals surface area contributed by atoms with Crippen LogP contribution in [0.25, 0.3) is 0 Å². The molecule has 1 aliphatic rings. The number of carbonyl (C=O) groups excluding carboxylic acids is 1. The molecule has 0 bridgehead atoms. The molecule has 0 radical (unpaired) electrons. The fraction of sp³-hybridized carbons (Fsp3) is 0.917. The first-order chi connectivity index (χ1) is 7.54. The fourth-order valence-electron chi connectivity index (χ4n) is 2.14. The van der Waals surface area contributed by atoms with Gasteiger partial charge in [0.2, 0.25) is 5.91 Å². The smallest absolute Gasteiger partial charge is 0.237 e. The van der Waals surface area contributed by atoms with E-state index in [0.717, 1.165) is 26.1 Å². The zero-order chi connectivity index (χ0) is 12.1. The molecule has 0 aromatic heterocycles. The number of likely N-dealkylation sites (tertiary alicyclic amines) is 1. The molecule has 0 saturated carbocycles. The van der Waals surface area contributed by atoms with Gasteiger partial charge in [0.15, 0.2) is 0 Å². The number of amides is 1. The normalized spacial score (nSPS) is 21.9. The van der Waals surface area contributed by atoms with Crippen LogP contribution in [-0.2, 0) is 4.79 Å². The van der Waals surface area contributed by atoms with Crippen molar-refractivity contribution >= 4 is 17.5 Å². The van der Waals surface area contributed by atoms with Gasteiger partial charge in [0.1, 0.15) is 5.88 Å². The third-order valence-electron chi connectivity index (χ3n) is 3.41. The Kier molecular flexibility index (Phi) is 5.56. The maximum Gasteiger partial charge on any atom is 0.237 e. The topological polar surface area (TPSA) is 23.6 Å². The summed E-state index contributed by atoms with van der Waals surface area (Å²) in [5, 5.41) is 0. The first-order valence-corrected chi connectivity index (χ1v) is 6.62. The van der Waals surface area contributed by atoms with E-state index in [9.17, 15) is 4.79 Å². The van der Waals surface area contributed by atoms with Crippen molar-refractivity contribution in [2.24, 2.45) is 5.92 Å². The van der Waals surface area contributed by atoms with Crippen molar-refractivity contribution in [2.45, 2.75) is 32.7 Å². The van der Waals surface area contributed by atoms with E-state index in [1.54, 1.807) is 0 Å². The lowest BCUT2D eigenvalue weighted by Gasteiger charge is -2.35. The first-order valence-electron chi connectivity index (χ1n) is 6.08. The Balaban J connectivity index is 2.41. The molecule has 1 saturated heterocycles. The molecule has 3 nitrogen and oxygen atoms in total. The van der Waals surface area contributed by atoms with E-state index in [2.05, 4.69) is 25.8 Å². The summed E-state index contributed by atoms with van der Waals surface area (Å²) in [4.78, 5) is 15.8. The van der Waals surface area contributed by atoms with Crippen molar-refractivity contribution in [1.82, 2.24) is 9.80 Å². The van der Waals surface area contributed by atoms with Crippen molar-refractivity contribution in [2.75, 3.05) is 32.6 Å². The molecule has 1 amide bonds. The van der Waals surface area contributed by atoms with Gasteiger partial charge >= 0.3 is 0 Å². The molecule has 1 rings (SSSR count). The van der Waals surface area contributed by atoms with Gasteiger partial charge in [-0.25, -0.2) is 0 Å². The molecule has 1 atom stereocenters. The third kappa shape index (κ3) is 3.95. The number of nitrogens with zero attached hydrogens (tertiary/aromatic N) is 2. The summed E-state index contributed by atoms with van der Waals surface area (Å²) in [6.45, 7) is 7.23. The summed E-state index contributed by atoms with van der Waals surface area (Å²) >= 11 is 5.59. The van der Waals surface area contributed by atoms with E-state index < -0.39 is 0 Å². The highest BCUT2D eigenvalue weighted by Gasteiger charge is 2.24. The molecule has 0 aliphatic carbocycles. The Labute approximate surface area is 104 Å². The Bertz CT molecular complexity index is 233. The highest BCUT2D eigenvalue weighted by Crippen LogP contribution is 2.18. The quantitative estimate of drug-likeness (QED) is 0.707. The van der Waals surface area contributed by atoms with E-state index in [-0.39, 0.29) is 11.8 Å². The highest BCUT2D eigenvalue weighted by molar-refractivity contribution is 6.27. The Morgan fingerprint density at radius 3 is 2.81 bits per heavy atom. The van der Waals surface area contributed by atoms with Crippen molar-refractivity contribution in [1.29, 1.82) is 0 Å². The summed E-state index contributed by atoms with van der Waals surface area (Å²) in [5.41, 5.74) is 0. The summed E-state index contributed by atoms with van der Waals surface area (Å²) in [6, 6.07) is 0.569. The molecule has 0 spiro atoms. The van der Waals surface area contributed by atoms with Gasteiger partial charge < -0.3 is 9.80 Å². The van der Waals surface area contributed by atoms with E-state index in [1.807, 2.05) is 4.90 Å². The van der Waals surface area contributed by atoms with Crippen LogP contribution in [0.2, 0.25) is 0 Å². The second kappa shape index (κ2) is 6.45. The van der Waals surface area contributed by atoms with E-state index >= 15 is 0 Å². The number of halogens is 1. The fourth-order valence-corrected chi connectivity index (χ4v) is 2.31. The molecule has 0 unspecified atom stereocenters. The van der Waals surface area contributed by atoms with Crippen LogP contribution in [0.1, 0.15) is 26.7 Å². The number of piperidine rings is 1. The van der Waals surface area contributed by atoms with Crippen LogP contribution >= 0.6 is 11.6 Å². The summed E-state index contributed by atoms with van der Waals surface area (Å²) in [5.74, 6) is 0.805. The third-order valence-corrected chi connectivity index (χ3v) is 3.64. The van der Waals surface area contributed by atoms with E-state index in [1.165, 1.54) is 6.42 Å². The van der Waals surface area contributed by atoms with Crippen LogP contribution in [0, 0.1) is 5.92 Å². The SMILES string of the molecule is CC(C)N(C)C[C@H]1CCCN(C(=O)CCl)C1. The van der Waals surface area contributed by atoms with Crippen molar-refractivity contribution < 1.29 is 4.79 Å². The predicted molar refractivity (Wildman–Crippen MR) is 67.8 cm³/mol. The molecule has 16 heavy (non-hydrogen) atoms. The van der Waals surface area contributed by atoms with Gasteiger partial charge in [-0.2, -0.15) is 0 Å². The van der Waals surface area contributed by atoms with E-state index in [0.29, 0.717) is 12.0 Å². The summed E-state index contributed by atoms with van der Waals surface area (Å²) < 4.78 is 0. The maximum atomic E-state index is 11.5. The lowest BCUT2D eigenvalue weighted by molar-refractivity contribution is -0.130. The average Bonchev–Trinajstić information content (AvgIpc) is 2.28. The minimum atomic E-state index is 0.0820. The minimum Gasteiger partial charge on any atom is -0.341 e. The standard InChI is InChI=1S/C12H23ClN2O/c1-10(2)14(3)8-11-5-4-6-15(9-11)12(16)7-13/h10-11H,4-9H2,1-3H3/t11-/m1/s1. The summed E-state index contributed by atoms with van der Waals surface area (Å²) in [6.07, 6.45) is 2.34. The Hall–Kier alpha value is -0.280. The lowest BCUT2D eigenvalue weighted by Crippen LogP contribution is -2.44. The van der Waals surface area contributed by atoms with Gasteiger partial charge in [-0.15, -0.1) is 11.6 Å². The van der Waals surface area contributed by atoms with Gasteiger partial charge in [-0.05, 0) is 39.7 Å². The van der Waals surface area contributed by atoms with Crippen molar-refractivity contribution in [3.63, 3.8) is 0 Å². The highest BCUT2D eigenvalue weighted by atomic mass is 35.5.